The maximum Gasteiger partial charge on any atom is 0.114 e. The van der Waals surface area contributed by atoms with Gasteiger partial charge in [0.25, 0.3) is 0 Å². The van der Waals surface area contributed by atoms with Crippen LogP contribution in [0.2, 0.25) is 0 Å². The first-order chi connectivity index (χ1) is 8.77. The van der Waals surface area contributed by atoms with Gasteiger partial charge in [-0.05, 0) is 5.56 Å². The van der Waals surface area contributed by atoms with E-state index < -0.39 is 0 Å². The quantitative estimate of drug-likeness (QED) is 0.490. The third-order valence-corrected chi connectivity index (χ3v) is 3.52. The van der Waals surface area contributed by atoms with Gasteiger partial charge in [-0.3, -0.25) is 10.4 Å². The number of amidine groups is 1. The Morgan fingerprint density at radius 2 is 2.06 bits per heavy atom. The Morgan fingerprint density at radius 3 is 2.67 bits per heavy atom. The summed E-state index contributed by atoms with van der Waals surface area (Å²) in [6.07, 6.45) is 5.02. The molecular weight excluding hydrogens is 244 g/mol. The summed E-state index contributed by atoms with van der Waals surface area (Å²) in [7, 11) is 0. The molecule has 18 heavy (non-hydrogen) atoms. The van der Waals surface area contributed by atoms with Crippen LogP contribution >= 0.6 is 11.8 Å². The van der Waals surface area contributed by atoms with Crippen molar-refractivity contribution >= 4 is 17.6 Å². The molecule has 0 aliphatic rings. The molecule has 4 nitrogen and oxygen atoms in total. The molecule has 1 unspecified atom stereocenters. The fourth-order valence-electron chi connectivity index (χ4n) is 1.58. The Hall–Kier alpha value is -1.88. The predicted molar refractivity (Wildman–Crippen MR) is 73.9 cm³/mol. The zero-order valence-corrected chi connectivity index (χ0v) is 10.6. The van der Waals surface area contributed by atoms with E-state index in [-0.39, 0.29) is 11.8 Å². The number of benzene rings is 1. The molecule has 0 saturated heterocycles. The summed E-state index contributed by atoms with van der Waals surface area (Å²) >= 11 is 1.56. The minimum Gasteiger partial charge on any atom is -0.387 e. The Kier molecular flexibility index (Phi) is 4.30. The highest BCUT2D eigenvalue weighted by molar-refractivity contribution is 7.99. The van der Waals surface area contributed by atoms with Crippen molar-refractivity contribution in [3.63, 3.8) is 0 Å². The van der Waals surface area contributed by atoms with Crippen LogP contribution in [-0.4, -0.2) is 21.6 Å². The van der Waals surface area contributed by atoms with Crippen LogP contribution < -0.4 is 5.73 Å². The molecule has 0 aliphatic carbocycles. The molecule has 92 valence electrons. The summed E-state index contributed by atoms with van der Waals surface area (Å²) in [6, 6.07) is 9.85. The topological polar surface area (TPSA) is 75.7 Å². The lowest BCUT2D eigenvalue weighted by atomic mass is 10.0. The van der Waals surface area contributed by atoms with Gasteiger partial charge >= 0.3 is 0 Å². The molecule has 1 heterocycles. The Balaban J connectivity index is 2.06. The van der Waals surface area contributed by atoms with Crippen LogP contribution in [0, 0.1) is 5.41 Å². The van der Waals surface area contributed by atoms with E-state index in [4.69, 9.17) is 11.1 Å². The minimum absolute atomic E-state index is 0.0850. The average molecular weight is 258 g/mol. The fraction of sp³-hybridized carbons (Fsp3) is 0.154. The van der Waals surface area contributed by atoms with Gasteiger partial charge in [0.05, 0.1) is 18.0 Å². The van der Waals surface area contributed by atoms with Gasteiger partial charge in [-0.15, -0.1) is 11.8 Å². The summed E-state index contributed by atoms with van der Waals surface area (Å²) in [6.45, 7) is 0. The first kappa shape index (κ1) is 12.6. The summed E-state index contributed by atoms with van der Waals surface area (Å²) < 4.78 is 0. The lowest BCUT2D eigenvalue weighted by Crippen LogP contribution is -2.22. The number of thioether (sulfide) groups is 1. The molecule has 1 aromatic heterocycles. The third-order valence-electron chi connectivity index (χ3n) is 2.51. The van der Waals surface area contributed by atoms with Gasteiger partial charge in [0, 0.05) is 18.1 Å². The van der Waals surface area contributed by atoms with Gasteiger partial charge in [0.2, 0.25) is 0 Å². The van der Waals surface area contributed by atoms with Crippen molar-refractivity contribution in [2.45, 2.75) is 10.9 Å². The fourth-order valence-corrected chi connectivity index (χ4v) is 2.56. The van der Waals surface area contributed by atoms with Crippen LogP contribution in [0.1, 0.15) is 11.5 Å². The zero-order chi connectivity index (χ0) is 12.8. The molecule has 0 radical (unpaired) electrons. The van der Waals surface area contributed by atoms with Gasteiger partial charge < -0.3 is 5.73 Å². The summed E-state index contributed by atoms with van der Waals surface area (Å²) in [5.41, 5.74) is 6.72. The largest absolute Gasteiger partial charge is 0.387 e. The minimum atomic E-state index is -0.0850. The molecule has 1 aromatic carbocycles. The van der Waals surface area contributed by atoms with Crippen molar-refractivity contribution in [3.05, 3.63) is 54.5 Å². The highest BCUT2D eigenvalue weighted by Crippen LogP contribution is 2.24. The van der Waals surface area contributed by atoms with Crippen molar-refractivity contribution in [2.24, 2.45) is 5.73 Å². The summed E-state index contributed by atoms with van der Waals surface area (Å²) in [5.74, 6) is 0.786. The van der Waals surface area contributed by atoms with E-state index in [2.05, 4.69) is 9.97 Å². The van der Waals surface area contributed by atoms with Crippen molar-refractivity contribution < 1.29 is 0 Å². The highest BCUT2D eigenvalue weighted by atomic mass is 32.2. The predicted octanol–water partition coefficient (Wildman–Crippen LogP) is 2.29. The van der Waals surface area contributed by atoms with E-state index in [1.165, 1.54) is 0 Å². The van der Waals surface area contributed by atoms with Gasteiger partial charge in [-0.1, -0.05) is 30.3 Å². The van der Waals surface area contributed by atoms with E-state index in [1.54, 1.807) is 30.4 Å². The highest BCUT2D eigenvalue weighted by Gasteiger charge is 2.15. The smallest absolute Gasteiger partial charge is 0.114 e. The Morgan fingerprint density at radius 1 is 1.28 bits per heavy atom. The zero-order valence-electron chi connectivity index (χ0n) is 9.78. The first-order valence-corrected chi connectivity index (χ1v) is 6.53. The number of hydrogen-bond acceptors (Lipinski definition) is 4. The van der Waals surface area contributed by atoms with Crippen LogP contribution in [0.15, 0.2) is 53.9 Å². The molecule has 5 heteroatoms. The van der Waals surface area contributed by atoms with Gasteiger partial charge in [-0.2, -0.15) is 0 Å². The Labute approximate surface area is 110 Å². The normalized spacial score (nSPS) is 12.0. The Bertz CT molecular complexity index is 501. The van der Waals surface area contributed by atoms with E-state index in [0.29, 0.717) is 5.75 Å². The number of nitrogens with one attached hydrogen (secondary N) is 1. The average Bonchev–Trinajstić information content (AvgIpc) is 2.41. The third kappa shape index (κ3) is 3.30. The van der Waals surface area contributed by atoms with Crippen LogP contribution in [0.3, 0.4) is 0 Å². The van der Waals surface area contributed by atoms with Crippen molar-refractivity contribution in [1.29, 1.82) is 5.41 Å². The monoisotopic (exact) mass is 258 g/mol. The lowest BCUT2D eigenvalue weighted by Gasteiger charge is -2.14. The standard InChI is InChI=1S/C13H14N4S/c14-13(15)11(10-4-2-1-3-5-10)9-18-12-8-16-6-7-17-12/h1-8,11H,9H2,(H3,14,15). The number of nitrogens with two attached hydrogens (primary N) is 1. The molecule has 1 atom stereocenters. The van der Waals surface area contributed by atoms with E-state index in [1.807, 2.05) is 30.3 Å². The molecule has 0 aliphatic heterocycles. The lowest BCUT2D eigenvalue weighted by molar-refractivity contribution is 0.993. The number of nitrogens with zero attached hydrogens (tertiary/aromatic N) is 2. The van der Waals surface area contributed by atoms with E-state index >= 15 is 0 Å². The molecule has 2 rings (SSSR count). The number of hydrogen-bond donors (Lipinski definition) is 2. The molecule has 0 amide bonds. The second kappa shape index (κ2) is 6.16. The molecule has 0 bridgehead atoms. The van der Waals surface area contributed by atoms with Crippen LogP contribution in [-0.2, 0) is 0 Å². The first-order valence-electron chi connectivity index (χ1n) is 5.55. The van der Waals surface area contributed by atoms with E-state index in [9.17, 15) is 0 Å². The van der Waals surface area contributed by atoms with Gasteiger partial charge in [0.1, 0.15) is 5.03 Å². The van der Waals surface area contributed by atoms with Gasteiger partial charge in [-0.25, -0.2) is 4.98 Å². The maximum atomic E-state index is 7.68. The molecule has 0 spiro atoms. The second-order valence-corrected chi connectivity index (χ2v) is 4.81. The number of rotatable bonds is 5. The maximum absolute atomic E-state index is 7.68. The van der Waals surface area contributed by atoms with Gasteiger partial charge in [0.15, 0.2) is 0 Å². The van der Waals surface area contributed by atoms with Crippen LogP contribution in [0.5, 0.6) is 0 Å². The SMILES string of the molecule is N=C(N)C(CSc1cnccn1)c1ccccc1. The van der Waals surface area contributed by atoms with Crippen LogP contribution in [0.25, 0.3) is 0 Å². The van der Waals surface area contributed by atoms with Crippen LogP contribution in [0.4, 0.5) is 0 Å². The summed E-state index contributed by atoms with van der Waals surface area (Å²) in [5, 5.41) is 8.53. The second-order valence-electron chi connectivity index (χ2n) is 3.77. The molecule has 2 aromatic rings. The molecular formula is C13H14N4S. The molecule has 0 fully saturated rings. The summed E-state index contributed by atoms with van der Waals surface area (Å²) in [4.78, 5) is 8.20. The number of aromatic nitrogens is 2. The van der Waals surface area contributed by atoms with Crippen molar-refractivity contribution in [3.8, 4) is 0 Å². The van der Waals surface area contributed by atoms with Crippen molar-refractivity contribution in [1.82, 2.24) is 9.97 Å². The molecule has 3 N–H and O–H groups in total. The molecule has 0 saturated carbocycles. The van der Waals surface area contributed by atoms with Crippen molar-refractivity contribution in [2.75, 3.05) is 5.75 Å². The van der Waals surface area contributed by atoms with E-state index in [0.717, 1.165) is 10.6 Å².